The van der Waals surface area contributed by atoms with Crippen LogP contribution in [0.4, 0.5) is 5.69 Å². The zero-order valence-electron chi connectivity index (χ0n) is 12.6. The molecule has 0 bridgehead atoms. The highest BCUT2D eigenvalue weighted by atomic mass is 16.2. The average Bonchev–Trinajstić information content (AvgIpc) is 2.89. The predicted molar refractivity (Wildman–Crippen MR) is 86.7 cm³/mol. The van der Waals surface area contributed by atoms with E-state index in [0.29, 0.717) is 12.1 Å². The summed E-state index contributed by atoms with van der Waals surface area (Å²) < 4.78 is 0. The molecule has 0 spiro atoms. The van der Waals surface area contributed by atoms with E-state index in [1.165, 1.54) is 4.90 Å². The number of carbonyl (C=O) groups is 3. The van der Waals surface area contributed by atoms with Gasteiger partial charge in [0.15, 0.2) is 0 Å². The number of imide groups is 1. The first-order valence-electron chi connectivity index (χ1n) is 7.62. The third-order valence-electron chi connectivity index (χ3n) is 4.20. The topological polar surface area (TPSA) is 54.5 Å². The second kappa shape index (κ2) is 6.57. The number of carbonyl (C=O) groups excluding carboxylic acids is 3. The third kappa shape index (κ3) is 3.06. The molecule has 1 fully saturated rings. The van der Waals surface area contributed by atoms with Crippen LogP contribution in [-0.2, 0) is 20.8 Å². The Labute approximate surface area is 134 Å². The maximum Gasteiger partial charge on any atom is 0.238 e. The van der Waals surface area contributed by atoms with E-state index in [9.17, 15) is 14.4 Å². The van der Waals surface area contributed by atoms with Crippen LogP contribution in [0.15, 0.2) is 60.7 Å². The molecule has 1 unspecified atom stereocenters. The second-order valence-corrected chi connectivity index (χ2v) is 5.70. The van der Waals surface area contributed by atoms with E-state index in [0.717, 1.165) is 11.8 Å². The minimum Gasteiger partial charge on any atom is -0.303 e. The normalized spacial score (nSPS) is 19.0. The van der Waals surface area contributed by atoms with Gasteiger partial charge in [0.25, 0.3) is 0 Å². The molecular formula is C19H17NO3. The molecule has 2 atom stereocenters. The molecule has 1 aliphatic heterocycles. The van der Waals surface area contributed by atoms with Crippen LogP contribution >= 0.6 is 0 Å². The van der Waals surface area contributed by atoms with Crippen LogP contribution in [0.5, 0.6) is 0 Å². The van der Waals surface area contributed by atoms with Gasteiger partial charge in [0.05, 0.1) is 11.6 Å². The minimum atomic E-state index is -0.583. The molecule has 23 heavy (non-hydrogen) atoms. The first-order valence-corrected chi connectivity index (χ1v) is 7.62. The number of benzene rings is 2. The van der Waals surface area contributed by atoms with Gasteiger partial charge >= 0.3 is 0 Å². The Morgan fingerprint density at radius 1 is 1.00 bits per heavy atom. The van der Waals surface area contributed by atoms with Gasteiger partial charge in [0.1, 0.15) is 6.29 Å². The van der Waals surface area contributed by atoms with E-state index in [4.69, 9.17) is 0 Å². The maximum absolute atomic E-state index is 12.7. The Kier molecular flexibility index (Phi) is 4.33. The standard InChI is InChI=1S/C19H17NO3/c21-13-15(11-14-7-3-1-4-8-14)17-12-18(22)20(19(17)23)16-9-5-2-6-10-16/h1-10,13,15,17H,11-12H2/t15?,17-/m0/s1. The highest BCUT2D eigenvalue weighted by Gasteiger charge is 2.43. The van der Waals surface area contributed by atoms with E-state index in [2.05, 4.69) is 0 Å². The lowest BCUT2D eigenvalue weighted by molar-refractivity contribution is -0.125. The van der Waals surface area contributed by atoms with E-state index in [-0.39, 0.29) is 18.2 Å². The van der Waals surface area contributed by atoms with Crippen LogP contribution in [0.2, 0.25) is 0 Å². The minimum absolute atomic E-state index is 0.0873. The summed E-state index contributed by atoms with van der Waals surface area (Å²) in [7, 11) is 0. The Morgan fingerprint density at radius 2 is 1.61 bits per heavy atom. The fourth-order valence-corrected chi connectivity index (χ4v) is 3.01. The van der Waals surface area contributed by atoms with E-state index >= 15 is 0 Å². The molecule has 2 aromatic rings. The molecule has 0 aliphatic carbocycles. The van der Waals surface area contributed by atoms with Gasteiger partial charge < -0.3 is 4.79 Å². The van der Waals surface area contributed by atoms with Crippen molar-refractivity contribution in [1.29, 1.82) is 0 Å². The molecule has 1 aliphatic rings. The highest BCUT2D eigenvalue weighted by molar-refractivity contribution is 6.21. The number of rotatable bonds is 5. The Morgan fingerprint density at radius 3 is 2.22 bits per heavy atom. The van der Waals surface area contributed by atoms with Crippen molar-refractivity contribution in [2.24, 2.45) is 11.8 Å². The first kappa shape index (κ1) is 15.2. The van der Waals surface area contributed by atoms with Crippen LogP contribution < -0.4 is 4.90 Å². The molecule has 1 heterocycles. The van der Waals surface area contributed by atoms with Crippen molar-refractivity contribution < 1.29 is 14.4 Å². The molecule has 0 radical (unpaired) electrons. The molecule has 0 aromatic heterocycles. The van der Waals surface area contributed by atoms with Crippen LogP contribution in [0.25, 0.3) is 0 Å². The van der Waals surface area contributed by atoms with Crippen molar-refractivity contribution in [2.45, 2.75) is 12.8 Å². The van der Waals surface area contributed by atoms with Crippen LogP contribution in [-0.4, -0.2) is 18.1 Å². The summed E-state index contributed by atoms with van der Waals surface area (Å²) in [6, 6.07) is 18.4. The van der Waals surface area contributed by atoms with Crippen molar-refractivity contribution in [3.05, 3.63) is 66.2 Å². The summed E-state index contributed by atoms with van der Waals surface area (Å²) in [5, 5.41) is 0. The molecule has 1 saturated heterocycles. The van der Waals surface area contributed by atoms with Gasteiger partial charge in [-0.25, -0.2) is 0 Å². The zero-order valence-corrected chi connectivity index (χ0v) is 12.6. The summed E-state index contributed by atoms with van der Waals surface area (Å²) in [6.07, 6.45) is 1.36. The Hall–Kier alpha value is -2.75. The Balaban J connectivity index is 1.81. The molecule has 116 valence electrons. The van der Waals surface area contributed by atoms with Crippen molar-refractivity contribution in [3.8, 4) is 0 Å². The first-order chi connectivity index (χ1) is 11.2. The van der Waals surface area contributed by atoms with Crippen molar-refractivity contribution in [3.63, 3.8) is 0 Å². The SMILES string of the molecule is O=CC(Cc1ccccc1)[C@@H]1CC(=O)N(c2ccccc2)C1=O. The fraction of sp³-hybridized carbons (Fsp3) is 0.211. The smallest absolute Gasteiger partial charge is 0.238 e. The van der Waals surface area contributed by atoms with Crippen molar-refractivity contribution in [2.75, 3.05) is 4.90 Å². The lowest BCUT2D eigenvalue weighted by Gasteiger charge is -2.18. The van der Waals surface area contributed by atoms with Gasteiger partial charge in [0.2, 0.25) is 11.8 Å². The molecular weight excluding hydrogens is 290 g/mol. The molecule has 4 heteroatoms. The van der Waals surface area contributed by atoms with Crippen LogP contribution in [0.3, 0.4) is 0 Å². The lowest BCUT2D eigenvalue weighted by atomic mass is 9.87. The monoisotopic (exact) mass is 307 g/mol. The summed E-state index contributed by atoms with van der Waals surface area (Å²) >= 11 is 0. The molecule has 0 N–H and O–H groups in total. The maximum atomic E-state index is 12.7. The number of hydrogen-bond donors (Lipinski definition) is 0. The molecule has 2 aromatic carbocycles. The number of nitrogens with zero attached hydrogens (tertiary/aromatic N) is 1. The van der Waals surface area contributed by atoms with Gasteiger partial charge in [0, 0.05) is 12.3 Å². The molecule has 0 saturated carbocycles. The van der Waals surface area contributed by atoms with E-state index in [1.54, 1.807) is 24.3 Å². The molecule has 3 rings (SSSR count). The summed E-state index contributed by atoms with van der Waals surface area (Å²) in [6.45, 7) is 0. The number of aldehydes is 1. The summed E-state index contributed by atoms with van der Waals surface area (Å²) in [5.74, 6) is -1.59. The van der Waals surface area contributed by atoms with E-state index in [1.807, 2.05) is 36.4 Å². The van der Waals surface area contributed by atoms with Gasteiger partial charge in [-0.05, 0) is 24.1 Å². The van der Waals surface area contributed by atoms with Gasteiger partial charge in [-0.2, -0.15) is 0 Å². The van der Waals surface area contributed by atoms with Crippen molar-refractivity contribution in [1.82, 2.24) is 0 Å². The largest absolute Gasteiger partial charge is 0.303 e. The fourth-order valence-electron chi connectivity index (χ4n) is 3.01. The molecule has 2 amide bonds. The highest BCUT2D eigenvalue weighted by Crippen LogP contribution is 2.31. The van der Waals surface area contributed by atoms with Crippen molar-refractivity contribution >= 4 is 23.8 Å². The number of anilines is 1. The average molecular weight is 307 g/mol. The zero-order chi connectivity index (χ0) is 16.2. The molecule has 4 nitrogen and oxygen atoms in total. The van der Waals surface area contributed by atoms with Gasteiger partial charge in [-0.15, -0.1) is 0 Å². The quantitative estimate of drug-likeness (QED) is 0.630. The van der Waals surface area contributed by atoms with Gasteiger partial charge in [-0.3, -0.25) is 14.5 Å². The third-order valence-corrected chi connectivity index (χ3v) is 4.20. The predicted octanol–water partition coefficient (Wildman–Crippen LogP) is 2.62. The summed E-state index contributed by atoms with van der Waals surface area (Å²) in [5.41, 5.74) is 1.55. The van der Waals surface area contributed by atoms with E-state index < -0.39 is 11.8 Å². The lowest BCUT2D eigenvalue weighted by Crippen LogP contribution is -2.33. The van der Waals surface area contributed by atoms with Gasteiger partial charge in [-0.1, -0.05) is 48.5 Å². The van der Waals surface area contributed by atoms with Crippen LogP contribution in [0.1, 0.15) is 12.0 Å². The number of amides is 2. The number of hydrogen-bond acceptors (Lipinski definition) is 3. The van der Waals surface area contributed by atoms with Crippen LogP contribution in [0, 0.1) is 11.8 Å². The second-order valence-electron chi connectivity index (χ2n) is 5.70. The number of para-hydroxylation sites is 1. The summed E-state index contributed by atoms with van der Waals surface area (Å²) in [4.78, 5) is 37.6. The Bertz CT molecular complexity index is 712.